The van der Waals surface area contributed by atoms with Crippen molar-refractivity contribution in [2.24, 2.45) is 10.8 Å². The highest BCUT2D eigenvalue weighted by atomic mass is 14.9. The van der Waals surface area contributed by atoms with Crippen molar-refractivity contribution in [1.82, 2.24) is 5.32 Å². The van der Waals surface area contributed by atoms with Crippen LogP contribution >= 0.6 is 0 Å². The summed E-state index contributed by atoms with van der Waals surface area (Å²) in [4.78, 5) is 0. The van der Waals surface area contributed by atoms with Crippen molar-refractivity contribution in [2.75, 3.05) is 0 Å². The molecule has 0 saturated carbocycles. The smallest absolute Gasteiger partial charge is 0.0417 e. The quantitative estimate of drug-likeness (QED) is 0.632. The number of hydrogen-bond acceptors (Lipinski definition) is 1. The van der Waals surface area contributed by atoms with Crippen molar-refractivity contribution in [3.63, 3.8) is 0 Å². The van der Waals surface area contributed by atoms with Gasteiger partial charge in [-0.25, -0.2) is 0 Å². The molecule has 1 aliphatic heterocycles. The van der Waals surface area contributed by atoms with Crippen LogP contribution in [0.4, 0.5) is 0 Å². The number of rotatable bonds is 0. The third-order valence-electron chi connectivity index (χ3n) is 3.08. The molecule has 1 nitrogen and oxygen atoms in total. The Bertz CT molecular complexity index is 390. The van der Waals surface area contributed by atoms with Gasteiger partial charge in [0.2, 0.25) is 0 Å². The van der Waals surface area contributed by atoms with Gasteiger partial charge in [-0.2, -0.15) is 0 Å². The SMILES string of the molecule is CC1(C)C=CC2=C(C=C1)C(C)(C)C=CN2. The average molecular weight is 201 g/mol. The zero-order chi connectivity index (χ0) is 11.1. The Morgan fingerprint density at radius 3 is 2.33 bits per heavy atom. The third kappa shape index (κ3) is 1.92. The Labute approximate surface area is 92.3 Å². The van der Waals surface area contributed by atoms with Crippen LogP contribution in [0.1, 0.15) is 27.7 Å². The van der Waals surface area contributed by atoms with Crippen LogP contribution in [0.25, 0.3) is 0 Å². The Kier molecular flexibility index (Phi) is 2.14. The van der Waals surface area contributed by atoms with Crippen LogP contribution in [-0.2, 0) is 0 Å². The number of nitrogens with one attached hydrogen (secondary N) is 1. The first-order valence-electron chi connectivity index (χ1n) is 5.48. The van der Waals surface area contributed by atoms with Gasteiger partial charge >= 0.3 is 0 Å². The molecule has 1 aliphatic carbocycles. The van der Waals surface area contributed by atoms with Gasteiger partial charge in [-0.05, 0) is 17.8 Å². The van der Waals surface area contributed by atoms with Crippen molar-refractivity contribution in [2.45, 2.75) is 27.7 Å². The predicted octanol–water partition coefficient (Wildman–Crippen LogP) is 3.54. The van der Waals surface area contributed by atoms with E-state index in [1.807, 2.05) is 6.20 Å². The predicted molar refractivity (Wildman–Crippen MR) is 65.1 cm³/mol. The molecule has 1 heterocycles. The molecular formula is C14H19N. The minimum absolute atomic E-state index is 0.127. The molecule has 0 unspecified atom stereocenters. The molecule has 0 atom stereocenters. The van der Waals surface area contributed by atoms with E-state index in [9.17, 15) is 0 Å². The van der Waals surface area contributed by atoms with Gasteiger partial charge in [0.15, 0.2) is 0 Å². The maximum Gasteiger partial charge on any atom is 0.0417 e. The largest absolute Gasteiger partial charge is 0.362 e. The van der Waals surface area contributed by atoms with Crippen LogP contribution in [0, 0.1) is 10.8 Å². The van der Waals surface area contributed by atoms with Gasteiger partial charge in [0.25, 0.3) is 0 Å². The van der Waals surface area contributed by atoms with E-state index in [-0.39, 0.29) is 10.8 Å². The van der Waals surface area contributed by atoms with E-state index in [4.69, 9.17) is 0 Å². The topological polar surface area (TPSA) is 12.0 Å². The summed E-state index contributed by atoms with van der Waals surface area (Å²) in [6.07, 6.45) is 13.2. The van der Waals surface area contributed by atoms with Gasteiger partial charge in [0.1, 0.15) is 0 Å². The summed E-state index contributed by atoms with van der Waals surface area (Å²) in [5, 5.41) is 3.32. The second-order valence-corrected chi connectivity index (χ2v) is 5.51. The minimum atomic E-state index is 0.127. The molecule has 0 aromatic carbocycles. The molecule has 0 aromatic heterocycles. The lowest BCUT2D eigenvalue weighted by Crippen LogP contribution is -2.22. The van der Waals surface area contributed by atoms with Crippen molar-refractivity contribution in [3.05, 3.63) is 47.9 Å². The summed E-state index contributed by atoms with van der Waals surface area (Å²) in [7, 11) is 0. The summed E-state index contributed by atoms with van der Waals surface area (Å²) in [5.41, 5.74) is 2.87. The van der Waals surface area contributed by atoms with E-state index in [0.29, 0.717) is 0 Å². The van der Waals surface area contributed by atoms with Crippen molar-refractivity contribution >= 4 is 0 Å². The Balaban J connectivity index is 2.47. The van der Waals surface area contributed by atoms with E-state index in [0.717, 1.165) is 0 Å². The van der Waals surface area contributed by atoms with Gasteiger partial charge in [-0.1, -0.05) is 52.0 Å². The Morgan fingerprint density at radius 1 is 0.933 bits per heavy atom. The lowest BCUT2D eigenvalue weighted by atomic mass is 9.81. The fourth-order valence-corrected chi connectivity index (χ4v) is 1.95. The summed E-state index contributed by atoms with van der Waals surface area (Å²) in [6, 6.07) is 0. The average Bonchev–Trinajstić information content (AvgIpc) is 2.26. The lowest BCUT2D eigenvalue weighted by Gasteiger charge is -2.28. The Hall–Kier alpha value is -1.24. The highest BCUT2D eigenvalue weighted by Gasteiger charge is 2.26. The van der Waals surface area contributed by atoms with Crippen LogP contribution in [0.2, 0.25) is 0 Å². The molecule has 15 heavy (non-hydrogen) atoms. The molecule has 0 aromatic rings. The van der Waals surface area contributed by atoms with Gasteiger partial charge in [0.05, 0.1) is 0 Å². The van der Waals surface area contributed by atoms with E-state index < -0.39 is 0 Å². The van der Waals surface area contributed by atoms with Crippen molar-refractivity contribution in [3.8, 4) is 0 Å². The van der Waals surface area contributed by atoms with E-state index in [1.54, 1.807) is 0 Å². The van der Waals surface area contributed by atoms with Crippen LogP contribution in [-0.4, -0.2) is 0 Å². The van der Waals surface area contributed by atoms with Crippen LogP contribution in [0.15, 0.2) is 47.9 Å². The molecule has 0 fully saturated rings. The maximum absolute atomic E-state index is 3.32. The normalized spacial score (nSPS) is 25.9. The number of dihydropyridines is 1. The molecule has 0 radical (unpaired) electrons. The zero-order valence-corrected chi connectivity index (χ0v) is 9.96. The summed E-state index contributed by atoms with van der Waals surface area (Å²) in [5.74, 6) is 0. The lowest BCUT2D eigenvalue weighted by molar-refractivity contribution is 0.570. The van der Waals surface area contributed by atoms with Gasteiger partial charge in [-0.3, -0.25) is 0 Å². The first-order valence-corrected chi connectivity index (χ1v) is 5.48. The molecule has 80 valence electrons. The minimum Gasteiger partial charge on any atom is -0.362 e. The van der Waals surface area contributed by atoms with Crippen LogP contribution in [0.5, 0.6) is 0 Å². The van der Waals surface area contributed by atoms with Gasteiger partial charge in [-0.15, -0.1) is 0 Å². The fraction of sp³-hybridized carbons (Fsp3) is 0.429. The molecule has 0 bridgehead atoms. The van der Waals surface area contributed by atoms with E-state index in [2.05, 4.69) is 63.4 Å². The van der Waals surface area contributed by atoms with E-state index in [1.165, 1.54) is 11.3 Å². The van der Waals surface area contributed by atoms with Crippen LogP contribution < -0.4 is 5.32 Å². The Morgan fingerprint density at radius 2 is 1.60 bits per heavy atom. The first kappa shape index (κ1) is 10.3. The molecule has 2 rings (SSSR count). The maximum atomic E-state index is 3.32. The second-order valence-electron chi connectivity index (χ2n) is 5.51. The molecule has 1 N–H and O–H groups in total. The first-order chi connectivity index (χ1) is 6.91. The third-order valence-corrected chi connectivity index (χ3v) is 3.08. The molecule has 0 amide bonds. The molecule has 1 heteroatoms. The fourth-order valence-electron chi connectivity index (χ4n) is 1.95. The summed E-state index contributed by atoms with van der Waals surface area (Å²) < 4.78 is 0. The highest BCUT2D eigenvalue weighted by Crippen LogP contribution is 2.37. The van der Waals surface area contributed by atoms with Gasteiger partial charge < -0.3 is 5.32 Å². The van der Waals surface area contributed by atoms with Gasteiger partial charge in [0, 0.05) is 16.5 Å². The second kappa shape index (κ2) is 3.13. The molecule has 2 aliphatic rings. The van der Waals surface area contributed by atoms with Crippen molar-refractivity contribution < 1.29 is 0 Å². The molecular weight excluding hydrogens is 182 g/mol. The van der Waals surface area contributed by atoms with Crippen LogP contribution in [0.3, 0.4) is 0 Å². The summed E-state index contributed by atoms with van der Waals surface area (Å²) >= 11 is 0. The number of allylic oxidation sites excluding steroid dienone is 6. The zero-order valence-electron chi connectivity index (χ0n) is 9.96. The van der Waals surface area contributed by atoms with E-state index >= 15 is 0 Å². The monoisotopic (exact) mass is 201 g/mol. The number of hydrogen-bond donors (Lipinski definition) is 1. The summed E-state index contributed by atoms with van der Waals surface area (Å²) in [6.45, 7) is 8.93. The standard InChI is InChI=1S/C14H19N/c1-13(2)7-5-11-12(6-8-13)15-10-9-14(11,3)4/h5-10,15H,1-4H3. The molecule has 0 saturated heterocycles. The van der Waals surface area contributed by atoms with Crippen molar-refractivity contribution in [1.29, 1.82) is 0 Å². The highest BCUT2D eigenvalue weighted by molar-refractivity contribution is 5.45. The molecule has 0 spiro atoms.